The fourth-order valence-electron chi connectivity index (χ4n) is 1.94. The number of hydrogen-bond donors (Lipinski definition) is 2. The molecule has 0 aliphatic rings. The Hall–Kier alpha value is -1.64. The van der Waals surface area contributed by atoms with Gasteiger partial charge in [0.05, 0.1) is 0 Å². The van der Waals surface area contributed by atoms with Crippen LogP contribution in [0.15, 0.2) is 54.6 Å². The molecule has 3 N–H and O–H groups in total. The molecule has 0 saturated carbocycles. The first kappa shape index (κ1) is 16.4. The molecular weight excluding hydrogens is 268 g/mol. The van der Waals surface area contributed by atoms with Crippen molar-refractivity contribution < 1.29 is 0 Å². The van der Waals surface area contributed by atoms with Crippen LogP contribution >= 0.6 is 11.6 Å². The Balaban J connectivity index is 0.000000956. The molecule has 2 rings (SSSR count). The van der Waals surface area contributed by atoms with Crippen LogP contribution in [0.2, 0.25) is 5.02 Å². The number of nitrogens with two attached hydrogens (primary N) is 1. The maximum Gasteiger partial charge on any atom is 0.0473 e. The second-order valence-electron chi connectivity index (χ2n) is 4.12. The van der Waals surface area contributed by atoms with Crippen LogP contribution in [0.1, 0.15) is 30.9 Å². The molecule has 1 atom stereocenters. The predicted octanol–water partition coefficient (Wildman–Crippen LogP) is 4.48. The summed E-state index contributed by atoms with van der Waals surface area (Å²) in [5, 5.41) is 8.95. The number of halogens is 1. The summed E-state index contributed by atoms with van der Waals surface area (Å²) in [7, 11) is 0. The first-order valence-electron chi connectivity index (χ1n) is 6.81. The van der Waals surface area contributed by atoms with Gasteiger partial charge in [-0.1, -0.05) is 67.9 Å². The monoisotopic (exact) mass is 288 g/mol. The molecule has 106 valence electrons. The SMILES string of the molecule is CC.N=C(c1ccc(Cl)cc1)C(CN)c1ccccc1. The van der Waals surface area contributed by atoms with Crippen LogP contribution in [0, 0.1) is 5.41 Å². The summed E-state index contributed by atoms with van der Waals surface area (Å²) in [5.74, 6) is -0.0765. The minimum atomic E-state index is -0.0765. The average Bonchev–Trinajstić information content (AvgIpc) is 2.52. The molecule has 0 aliphatic heterocycles. The van der Waals surface area contributed by atoms with Crippen LogP contribution in [-0.4, -0.2) is 12.3 Å². The molecule has 2 aromatic carbocycles. The van der Waals surface area contributed by atoms with Crippen molar-refractivity contribution in [3.05, 3.63) is 70.7 Å². The molecular formula is C17H21ClN2. The van der Waals surface area contributed by atoms with E-state index in [4.69, 9.17) is 22.7 Å². The highest BCUT2D eigenvalue weighted by Gasteiger charge is 2.16. The van der Waals surface area contributed by atoms with Crippen molar-refractivity contribution in [1.82, 2.24) is 0 Å². The second-order valence-corrected chi connectivity index (χ2v) is 4.56. The smallest absolute Gasteiger partial charge is 0.0473 e. The molecule has 0 radical (unpaired) electrons. The van der Waals surface area contributed by atoms with Gasteiger partial charge in [0.2, 0.25) is 0 Å². The van der Waals surface area contributed by atoms with Gasteiger partial charge < -0.3 is 11.1 Å². The van der Waals surface area contributed by atoms with Gasteiger partial charge in [-0.25, -0.2) is 0 Å². The van der Waals surface area contributed by atoms with E-state index >= 15 is 0 Å². The Morgan fingerprint density at radius 3 is 2.10 bits per heavy atom. The lowest BCUT2D eigenvalue weighted by Gasteiger charge is -2.17. The Kier molecular flexibility index (Phi) is 6.99. The molecule has 1 unspecified atom stereocenters. The topological polar surface area (TPSA) is 49.9 Å². The van der Waals surface area contributed by atoms with E-state index in [1.54, 1.807) is 12.1 Å². The molecule has 0 heterocycles. The maximum atomic E-state index is 8.27. The highest BCUT2D eigenvalue weighted by atomic mass is 35.5. The summed E-state index contributed by atoms with van der Waals surface area (Å²) in [6, 6.07) is 17.2. The molecule has 2 aromatic rings. The van der Waals surface area contributed by atoms with E-state index in [1.165, 1.54) is 0 Å². The normalized spacial score (nSPS) is 11.2. The summed E-state index contributed by atoms with van der Waals surface area (Å²) in [5.41, 5.74) is 8.26. The first-order valence-corrected chi connectivity index (χ1v) is 7.19. The predicted molar refractivity (Wildman–Crippen MR) is 87.9 cm³/mol. The van der Waals surface area contributed by atoms with E-state index in [1.807, 2.05) is 56.3 Å². The second kappa shape index (κ2) is 8.51. The Labute approximate surface area is 126 Å². The van der Waals surface area contributed by atoms with Crippen LogP contribution in [-0.2, 0) is 0 Å². The summed E-state index contributed by atoms with van der Waals surface area (Å²) < 4.78 is 0. The third-order valence-corrected chi connectivity index (χ3v) is 3.19. The van der Waals surface area contributed by atoms with Crippen molar-refractivity contribution in [3.8, 4) is 0 Å². The number of hydrogen-bond acceptors (Lipinski definition) is 2. The van der Waals surface area contributed by atoms with E-state index < -0.39 is 0 Å². The van der Waals surface area contributed by atoms with Gasteiger partial charge in [-0.15, -0.1) is 0 Å². The zero-order chi connectivity index (χ0) is 15.0. The fourth-order valence-corrected chi connectivity index (χ4v) is 2.06. The Bertz CT molecular complexity index is 520. The minimum absolute atomic E-state index is 0.0765. The molecule has 3 heteroatoms. The molecule has 0 amide bonds. The van der Waals surface area contributed by atoms with Crippen molar-refractivity contribution in [1.29, 1.82) is 5.41 Å². The van der Waals surface area contributed by atoms with Crippen LogP contribution in [0.4, 0.5) is 0 Å². The molecule has 0 aliphatic carbocycles. The van der Waals surface area contributed by atoms with Crippen molar-refractivity contribution in [2.45, 2.75) is 19.8 Å². The quantitative estimate of drug-likeness (QED) is 0.801. The van der Waals surface area contributed by atoms with Crippen molar-refractivity contribution in [2.75, 3.05) is 6.54 Å². The van der Waals surface area contributed by atoms with Crippen LogP contribution < -0.4 is 5.73 Å². The average molecular weight is 289 g/mol. The largest absolute Gasteiger partial charge is 0.329 e. The van der Waals surface area contributed by atoms with Crippen LogP contribution in [0.25, 0.3) is 0 Å². The number of benzene rings is 2. The zero-order valence-electron chi connectivity index (χ0n) is 11.9. The van der Waals surface area contributed by atoms with E-state index in [9.17, 15) is 0 Å². The number of nitrogens with one attached hydrogen (secondary N) is 1. The van der Waals surface area contributed by atoms with Gasteiger partial charge in [0.15, 0.2) is 0 Å². The third kappa shape index (κ3) is 4.19. The van der Waals surface area contributed by atoms with Gasteiger partial charge in [0.25, 0.3) is 0 Å². The van der Waals surface area contributed by atoms with Crippen molar-refractivity contribution in [3.63, 3.8) is 0 Å². The molecule has 20 heavy (non-hydrogen) atoms. The standard InChI is InChI=1S/C15H15ClN2.C2H6/c16-13-8-6-12(7-9-13)15(18)14(10-17)11-4-2-1-3-5-11;1-2/h1-9,14,18H,10,17H2;1-2H3. The van der Waals surface area contributed by atoms with Gasteiger partial charge in [-0.05, 0) is 23.3 Å². The van der Waals surface area contributed by atoms with Gasteiger partial charge in [0, 0.05) is 23.2 Å². The molecule has 0 bridgehead atoms. The highest BCUT2D eigenvalue weighted by molar-refractivity contribution is 6.30. The van der Waals surface area contributed by atoms with Crippen molar-refractivity contribution in [2.24, 2.45) is 5.73 Å². The maximum absolute atomic E-state index is 8.27. The molecule has 2 nitrogen and oxygen atoms in total. The van der Waals surface area contributed by atoms with Gasteiger partial charge in [0.1, 0.15) is 0 Å². The summed E-state index contributed by atoms with van der Waals surface area (Å²) in [4.78, 5) is 0. The molecule has 0 spiro atoms. The van der Waals surface area contributed by atoms with E-state index in [2.05, 4.69) is 0 Å². The Morgan fingerprint density at radius 2 is 1.60 bits per heavy atom. The first-order chi connectivity index (χ1) is 9.72. The zero-order valence-corrected chi connectivity index (χ0v) is 12.7. The summed E-state index contributed by atoms with van der Waals surface area (Å²) >= 11 is 5.85. The third-order valence-electron chi connectivity index (χ3n) is 2.94. The molecule has 0 saturated heterocycles. The van der Waals surface area contributed by atoms with Crippen molar-refractivity contribution >= 4 is 17.3 Å². The lowest BCUT2D eigenvalue weighted by Crippen LogP contribution is -2.21. The van der Waals surface area contributed by atoms with Gasteiger partial charge in [-0.3, -0.25) is 0 Å². The fraction of sp³-hybridized carbons (Fsp3) is 0.235. The summed E-state index contributed by atoms with van der Waals surface area (Å²) in [6.07, 6.45) is 0. The van der Waals surface area contributed by atoms with Crippen LogP contribution in [0.3, 0.4) is 0 Å². The van der Waals surface area contributed by atoms with E-state index in [0.29, 0.717) is 17.3 Å². The molecule has 0 aromatic heterocycles. The minimum Gasteiger partial charge on any atom is -0.329 e. The lowest BCUT2D eigenvalue weighted by atomic mass is 9.90. The van der Waals surface area contributed by atoms with Gasteiger partial charge in [-0.2, -0.15) is 0 Å². The summed E-state index contributed by atoms with van der Waals surface area (Å²) in [6.45, 7) is 4.42. The highest BCUT2D eigenvalue weighted by Crippen LogP contribution is 2.21. The Morgan fingerprint density at radius 1 is 1.05 bits per heavy atom. The van der Waals surface area contributed by atoms with E-state index in [0.717, 1.165) is 11.1 Å². The molecule has 0 fully saturated rings. The van der Waals surface area contributed by atoms with E-state index in [-0.39, 0.29) is 5.92 Å². The van der Waals surface area contributed by atoms with Gasteiger partial charge >= 0.3 is 0 Å². The number of rotatable bonds is 4. The van der Waals surface area contributed by atoms with Crippen LogP contribution in [0.5, 0.6) is 0 Å². The lowest BCUT2D eigenvalue weighted by molar-refractivity contribution is 0.883.